The van der Waals surface area contributed by atoms with Crippen LogP contribution in [0.5, 0.6) is 0 Å². The first kappa shape index (κ1) is 15.1. The molecule has 0 unspecified atom stereocenters. The SMILES string of the molecule is Cc1ccc([N+](=O)[O-])cc1NC(=O)c1ccc(Br)cc1F. The fourth-order valence-corrected chi connectivity index (χ4v) is 2.05. The number of aryl methyl sites for hydroxylation is 1. The van der Waals surface area contributed by atoms with Crippen LogP contribution in [-0.4, -0.2) is 10.8 Å². The van der Waals surface area contributed by atoms with Crippen LogP contribution in [0.3, 0.4) is 0 Å². The second kappa shape index (κ2) is 6.01. The van der Waals surface area contributed by atoms with Crippen molar-refractivity contribution < 1.29 is 14.1 Å². The van der Waals surface area contributed by atoms with Crippen molar-refractivity contribution in [3.8, 4) is 0 Å². The lowest BCUT2D eigenvalue weighted by molar-refractivity contribution is -0.384. The molecule has 2 aromatic rings. The Morgan fingerprint density at radius 1 is 1.29 bits per heavy atom. The van der Waals surface area contributed by atoms with E-state index in [1.165, 1.54) is 36.4 Å². The highest BCUT2D eigenvalue weighted by atomic mass is 79.9. The van der Waals surface area contributed by atoms with Crippen LogP contribution in [0.1, 0.15) is 15.9 Å². The van der Waals surface area contributed by atoms with Crippen LogP contribution >= 0.6 is 15.9 Å². The lowest BCUT2D eigenvalue weighted by Crippen LogP contribution is -2.14. The van der Waals surface area contributed by atoms with E-state index in [0.717, 1.165) is 0 Å². The molecule has 0 fully saturated rings. The van der Waals surface area contributed by atoms with Crippen LogP contribution in [0.15, 0.2) is 40.9 Å². The molecule has 7 heteroatoms. The Labute approximate surface area is 128 Å². The number of hydrogen-bond donors (Lipinski definition) is 1. The molecule has 2 aromatic carbocycles. The summed E-state index contributed by atoms with van der Waals surface area (Å²) >= 11 is 3.10. The van der Waals surface area contributed by atoms with Gasteiger partial charge in [-0.3, -0.25) is 14.9 Å². The normalized spacial score (nSPS) is 10.2. The summed E-state index contributed by atoms with van der Waals surface area (Å²) < 4.78 is 14.2. The molecule has 0 aliphatic heterocycles. The van der Waals surface area contributed by atoms with E-state index in [9.17, 15) is 19.3 Å². The highest BCUT2D eigenvalue weighted by Crippen LogP contribution is 2.23. The highest BCUT2D eigenvalue weighted by Gasteiger charge is 2.15. The summed E-state index contributed by atoms with van der Waals surface area (Å²) in [5, 5.41) is 13.2. The number of amides is 1. The molecular weight excluding hydrogens is 343 g/mol. The van der Waals surface area contributed by atoms with Gasteiger partial charge in [0.15, 0.2) is 0 Å². The number of nitro benzene ring substituents is 1. The number of nitrogens with zero attached hydrogens (tertiary/aromatic N) is 1. The fraction of sp³-hybridized carbons (Fsp3) is 0.0714. The van der Waals surface area contributed by atoms with Crippen molar-refractivity contribution in [2.45, 2.75) is 6.92 Å². The van der Waals surface area contributed by atoms with E-state index in [-0.39, 0.29) is 16.9 Å². The Balaban J connectivity index is 2.31. The maximum Gasteiger partial charge on any atom is 0.271 e. The maximum atomic E-state index is 13.7. The van der Waals surface area contributed by atoms with Gasteiger partial charge in [0.05, 0.1) is 16.2 Å². The number of hydrogen-bond acceptors (Lipinski definition) is 3. The van der Waals surface area contributed by atoms with Crippen LogP contribution in [-0.2, 0) is 0 Å². The minimum atomic E-state index is -0.676. The molecular formula is C14H10BrFN2O3. The number of halogens is 2. The minimum absolute atomic E-state index is 0.135. The molecule has 0 aliphatic rings. The molecule has 0 bridgehead atoms. The zero-order chi connectivity index (χ0) is 15.6. The molecule has 0 spiro atoms. The summed E-state index contributed by atoms with van der Waals surface area (Å²) in [5.74, 6) is -1.34. The quantitative estimate of drug-likeness (QED) is 0.668. The molecule has 1 N–H and O–H groups in total. The number of carbonyl (C=O) groups excluding carboxylic acids is 1. The lowest BCUT2D eigenvalue weighted by atomic mass is 10.1. The van der Waals surface area contributed by atoms with E-state index in [4.69, 9.17) is 0 Å². The number of benzene rings is 2. The zero-order valence-electron chi connectivity index (χ0n) is 10.9. The predicted molar refractivity (Wildman–Crippen MR) is 79.9 cm³/mol. The first-order chi connectivity index (χ1) is 9.88. The second-order valence-corrected chi connectivity index (χ2v) is 5.25. The summed E-state index contributed by atoms with van der Waals surface area (Å²) in [6, 6.07) is 8.15. The van der Waals surface area contributed by atoms with Crippen LogP contribution in [0.4, 0.5) is 15.8 Å². The van der Waals surface area contributed by atoms with E-state index in [1.54, 1.807) is 6.92 Å². The predicted octanol–water partition coefficient (Wildman–Crippen LogP) is 4.06. The molecule has 0 atom stereocenters. The van der Waals surface area contributed by atoms with Crippen LogP contribution in [0.25, 0.3) is 0 Å². The third kappa shape index (κ3) is 3.43. The Kier molecular flexibility index (Phi) is 4.32. The van der Waals surface area contributed by atoms with Gasteiger partial charge in [-0.1, -0.05) is 22.0 Å². The standard InChI is InChI=1S/C14H10BrFN2O3/c1-8-2-4-10(18(20)21)7-13(8)17-14(19)11-5-3-9(15)6-12(11)16/h2-7H,1H3,(H,17,19). The van der Waals surface area contributed by atoms with Gasteiger partial charge in [-0.2, -0.15) is 0 Å². The number of carbonyl (C=O) groups is 1. The Morgan fingerprint density at radius 3 is 2.62 bits per heavy atom. The first-order valence-electron chi connectivity index (χ1n) is 5.90. The van der Waals surface area contributed by atoms with E-state index in [2.05, 4.69) is 21.2 Å². The van der Waals surface area contributed by atoms with Gasteiger partial charge < -0.3 is 5.32 Å². The van der Waals surface area contributed by atoms with Gasteiger partial charge in [0.2, 0.25) is 0 Å². The number of rotatable bonds is 3. The average molecular weight is 353 g/mol. The molecule has 108 valence electrons. The van der Waals surface area contributed by atoms with Gasteiger partial charge in [-0.15, -0.1) is 0 Å². The molecule has 21 heavy (non-hydrogen) atoms. The van der Waals surface area contributed by atoms with Crippen molar-refractivity contribution >= 4 is 33.2 Å². The van der Waals surface area contributed by atoms with Gasteiger partial charge in [0, 0.05) is 16.6 Å². The topological polar surface area (TPSA) is 72.2 Å². The Bertz CT molecular complexity index is 734. The van der Waals surface area contributed by atoms with E-state index < -0.39 is 16.6 Å². The van der Waals surface area contributed by atoms with E-state index in [1.807, 2.05) is 0 Å². The molecule has 0 radical (unpaired) electrons. The number of anilines is 1. The van der Waals surface area contributed by atoms with E-state index >= 15 is 0 Å². The molecule has 0 aliphatic carbocycles. The van der Waals surface area contributed by atoms with Crippen molar-refractivity contribution in [3.63, 3.8) is 0 Å². The Morgan fingerprint density at radius 2 is 2.00 bits per heavy atom. The molecule has 1 amide bonds. The smallest absolute Gasteiger partial charge is 0.271 e. The lowest BCUT2D eigenvalue weighted by Gasteiger charge is -2.09. The van der Waals surface area contributed by atoms with Gasteiger partial charge >= 0.3 is 0 Å². The number of nitrogens with one attached hydrogen (secondary N) is 1. The summed E-state index contributed by atoms with van der Waals surface area (Å²) in [6.07, 6.45) is 0. The molecule has 0 saturated heterocycles. The third-order valence-corrected chi connectivity index (χ3v) is 3.35. The third-order valence-electron chi connectivity index (χ3n) is 2.86. The van der Waals surface area contributed by atoms with Crippen molar-refractivity contribution in [2.75, 3.05) is 5.32 Å². The monoisotopic (exact) mass is 352 g/mol. The molecule has 5 nitrogen and oxygen atoms in total. The van der Waals surface area contributed by atoms with Gasteiger partial charge in [0.25, 0.3) is 11.6 Å². The van der Waals surface area contributed by atoms with Crippen LogP contribution in [0.2, 0.25) is 0 Å². The summed E-state index contributed by atoms with van der Waals surface area (Å²) in [4.78, 5) is 22.2. The van der Waals surface area contributed by atoms with Crippen LogP contribution in [0, 0.1) is 22.9 Å². The van der Waals surface area contributed by atoms with Crippen molar-refractivity contribution in [2.24, 2.45) is 0 Å². The maximum absolute atomic E-state index is 13.7. The summed E-state index contributed by atoms with van der Waals surface area (Å²) in [5.41, 5.74) is 0.638. The average Bonchev–Trinajstić information content (AvgIpc) is 2.40. The highest BCUT2D eigenvalue weighted by molar-refractivity contribution is 9.10. The summed E-state index contributed by atoms with van der Waals surface area (Å²) in [7, 11) is 0. The fourth-order valence-electron chi connectivity index (χ4n) is 1.72. The van der Waals surface area contributed by atoms with Gasteiger partial charge in [-0.25, -0.2) is 4.39 Å². The van der Waals surface area contributed by atoms with Crippen molar-refractivity contribution in [1.82, 2.24) is 0 Å². The Hall–Kier alpha value is -2.28. The van der Waals surface area contributed by atoms with Gasteiger partial charge in [0.1, 0.15) is 5.82 Å². The van der Waals surface area contributed by atoms with Crippen LogP contribution < -0.4 is 5.32 Å². The van der Waals surface area contributed by atoms with Crippen molar-refractivity contribution in [1.29, 1.82) is 0 Å². The molecule has 2 rings (SSSR count). The molecule has 0 heterocycles. The first-order valence-corrected chi connectivity index (χ1v) is 6.69. The van der Waals surface area contributed by atoms with Crippen molar-refractivity contribution in [3.05, 3.63) is 67.9 Å². The summed E-state index contributed by atoms with van der Waals surface area (Å²) in [6.45, 7) is 1.69. The minimum Gasteiger partial charge on any atom is -0.321 e. The largest absolute Gasteiger partial charge is 0.321 e. The van der Waals surface area contributed by atoms with Gasteiger partial charge in [-0.05, 0) is 30.7 Å². The number of non-ortho nitro benzene ring substituents is 1. The second-order valence-electron chi connectivity index (χ2n) is 4.33. The number of nitro groups is 1. The molecule has 0 saturated carbocycles. The van der Waals surface area contributed by atoms with E-state index in [0.29, 0.717) is 10.0 Å². The molecule has 0 aromatic heterocycles. The zero-order valence-corrected chi connectivity index (χ0v) is 12.5.